The standard InChI is InChI=1S/C25H34N4O2/c1-17-7-9-20(10-8-17)15-23(30)28-13-11-21(12-14-28)24-22(16-26-27-24)25(31)29-18(2)5-4-6-19(29)3/h7-10,16,18-19,21H,4-6,11-15H2,1-3H3,(H,26,27)/t18-,19-/m0/s1. The number of aryl methyl sites for hydroxylation is 1. The third kappa shape index (κ3) is 4.68. The Bertz CT molecular complexity index is 902. The monoisotopic (exact) mass is 422 g/mol. The van der Waals surface area contributed by atoms with E-state index in [1.807, 2.05) is 21.9 Å². The Morgan fingerprint density at radius 2 is 1.68 bits per heavy atom. The Hall–Kier alpha value is -2.63. The van der Waals surface area contributed by atoms with Gasteiger partial charge in [0.25, 0.3) is 5.91 Å². The fourth-order valence-corrected chi connectivity index (χ4v) is 5.15. The van der Waals surface area contributed by atoms with Crippen LogP contribution in [0, 0.1) is 6.92 Å². The number of rotatable bonds is 4. The molecule has 6 nitrogen and oxygen atoms in total. The number of nitrogens with zero attached hydrogens (tertiary/aromatic N) is 3. The van der Waals surface area contributed by atoms with Gasteiger partial charge >= 0.3 is 0 Å². The highest BCUT2D eigenvalue weighted by Gasteiger charge is 2.34. The number of carbonyl (C=O) groups is 2. The van der Waals surface area contributed by atoms with Crippen LogP contribution in [0.15, 0.2) is 30.5 Å². The molecule has 0 radical (unpaired) electrons. The summed E-state index contributed by atoms with van der Waals surface area (Å²) in [5.74, 6) is 0.515. The molecule has 2 aliphatic heterocycles. The highest BCUT2D eigenvalue weighted by molar-refractivity contribution is 5.95. The molecule has 2 atom stereocenters. The zero-order valence-electron chi connectivity index (χ0n) is 18.9. The lowest BCUT2D eigenvalue weighted by atomic mass is 9.90. The van der Waals surface area contributed by atoms with E-state index in [2.05, 4.69) is 43.1 Å². The molecule has 2 saturated heterocycles. The van der Waals surface area contributed by atoms with Crippen molar-refractivity contribution in [2.75, 3.05) is 13.1 Å². The molecule has 4 rings (SSSR count). The number of benzene rings is 1. The first-order chi connectivity index (χ1) is 14.9. The smallest absolute Gasteiger partial charge is 0.257 e. The molecule has 166 valence electrons. The Morgan fingerprint density at radius 3 is 2.32 bits per heavy atom. The van der Waals surface area contributed by atoms with Crippen LogP contribution in [0.4, 0.5) is 0 Å². The lowest BCUT2D eigenvalue weighted by Gasteiger charge is -2.39. The number of aromatic nitrogens is 2. The Kier molecular flexibility index (Phi) is 6.44. The van der Waals surface area contributed by atoms with Crippen molar-refractivity contribution in [1.82, 2.24) is 20.0 Å². The zero-order valence-corrected chi connectivity index (χ0v) is 18.9. The van der Waals surface area contributed by atoms with Gasteiger partial charge in [0.05, 0.1) is 23.9 Å². The summed E-state index contributed by atoms with van der Waals surface area (Å²) >= 11 is 0. The fourth-order valence-electron chi connectivity index (χ4n) is 5.15. The lowest BCUT2D eigenvalue weighted by molar-refractivity contribution is -0.131. The van der Waals surface area contributed by atoms with Crippen LogP contribution in [0.25, 0.3) is 0 Å². The molecule has 0 spiro atoms. The van der Waals surface area contributed by atoms with Gasteiger partial charge in [0.15, 0.2) is 0 Å². The highest BCUT2D eigenvalue weighted by Crippen LogP contribution is 2.32. The summed E-state index contributed by atoms with van der Waals surface area (Å²) in [6.07, 6.45) is 7.15. The first-order valence-electron chi connectivity index (χ1n) is 11.6. The molecule has 2 amide bonds. The van der Waals surface area contributed by atoms with Crippen molar-refractivity contribution in [3.63, 3.8) is 0 Å². The van der Waals surface area contributed by atoms with E-state index in [-0.39, 0.29) is 29.8 Å². The molecule has 1 aromatic carbocycles. The molecule has 1 N–H and O–H groups in total. The van der Waals surface area contributed by atoms with E-state index in [1.165, 1.54) is 12.0 Å². The maximum absolute atomic E-state index is 13.3. The number of hydrogen-bond acceptors (Lipinski definition) is 3. The number of likely N-dealkylation sites (tertiary alicyclic amines) is 2. The van der Waals surface area contributed by atoms with E-state index in [0.29, 0.717) is 12.0 Å². The molecule has 0 saturated carbocycles. The molecule has 0 bridgehead atoms. The Morgan fingerprint density at radius 1 is 1.03 bits per heavy atom. The van der Waals surface area contributed by atoms with Crippen LogP contribution in [0.1, 0.15) is 79.0 Å². The van der Waals surface area contributed by atoms with Crippen LogP contribution in [-0.4, -0.2) is 57.0 Å². The molecule has 0 aliphatic carbocycles. The van der Waals surface area contributed by atoms with E-state index in [0.717, 1.165) is 50.0 Å². The van der Waals surface area contributed by atoms with Gasteiger partial charge in [-0.25, -0.2) is 0 Å². The van der Waals surface area contributed by atoms with Crippen LogP contribution in [-0.2, 0) is 11.2 Å². The Balaban J connectivity index is 1.38. The quantitative estimate of drug-likeness (QED) is 0.807. The molecule has 2 aliphatic rings. The van der Waals surface area contributed by atoms with Gasteiger partial charge in [-0.2, -0.15) is 5.10 Å². The summed E-state index contributed by atoms with van der Waals surface area (Å²) in [7, 11) is 0. The normalized spacial score (nSPS) is 22.5. The number of H-pyrrole nitrogens is 1. The number of hydrogen-bond donors (Lipinski definition) is 1. The first kappa shape index (κ1) is 21.6. The van der Waals surface area contributed by atoms with Crippen molar-refractivity contribution in [1.29, 1.82) is 0 Å². The van der Waals surface area contributed by atoms with Gasteiger partial charge in [-0.15, -0.1) is 0 Å². The van der Waals surface area contributed by atoms with Gasteiger partial charge in [-0.1, -0.05) is 29.8 Å². The van der Waals surface area contributed by atoms with Gasteiger partial charge in [-0.05, 0) is 58.4 Å². The van der Waals surface area contributed by atoms with Gasteiger partial charge in [-0.3, -0.25) is 14.7 Å². The van der Waals surface area contributed by atoms with Gasteiger partial charge in [0, 0.05) is 31.1 Å². The zero-order chi connectivity index (χ0) is 22.0. The summed E-state index contributed by atoms with van der Waals surface area (Å²) in [4.78, 5) is 30.1. The molecule has 6 heteroatoms. The second-order valence-electron chi connectivity index (χ2n) is 9.36. The summed E-state index contributed by atoms with van der Waals surface area (Å²) in [6.45, 7) is 7.78. The number of carbonyl (C=O) groups excluding carboxylic acids is 2. The number of piperidine rings is 2. The van der Waals surface area contributed by atoms with Gasteiger partial charge < -0.3 is 9.80 Å². The molecule has 1 aromatic heterocycles. The minimum absolute atomic E-state index is 0.0985. The SMILES string of the molecule is Cc1ccc(CC(=O)N2CCC(c3[nH]ncc3C(=O)N3[C@@H](C)CCC[C@@H]3C)CC2)cc1. The lowest BCUT2D eigenvalue weighted by Crippen LogP contribution is -2.47. The minimum Gasteiger partial charge on any atom is -0.342 e. The fraction of sp³-hybridized carbons (Fsp3) is 0.560. The Labute approximate surface area is 185 Å². The van der Waals surface area contributed by atoms with E-state index >= 15 is 0 Å². The molecule has 2 aromatic rings. The van der Waals surface area contributed by atoms with Crippen molar-refractivity contribution in [3.8, 4) is 0 Å². The predicted molar refractivity (Wildman–Crippen MR) is 121 cm³/mol. The van der Waals surface area contributed by atoms with E-state index in [9.17, 15) is 9.59 Å². The van der Waals surface area contributed by atoms with Crippen LogP contribution < -0.4 is 0 Å². The summed E-state index contributed by atoms with van der Waals surface area (Å²) < 4.78 is 0. The highest BCUT2D eigenvalue weighted by atomic mass is 16.2. The van der Waals surface area contributed by atoms with Crippen molar-refractivity contribution in [2.24, 2.45) is 0 Å². The van der Waals surface area contributed by atoms with Crippen LogP contribution >= 0.6 is 0 Å². The number of nitrogens with one attached hydrogen (secondary N) is 1. The third-order valence-electron chi connectivity index (χ3n) is 7.06. The molecule has 2 fully saturated rings. The van der Waals surface area contributed by atoms with E-state index in [4.69, 9.17) is 0 Å². The van der Waals surface area contributed by atoms with Crippen LogP contribution in [0.3, 0.4) is 0 Å². The second kappa shape index (κ2) is 9.25. The molecular weight excluding hydrogens is 388 g/mol. The van der Waals surface area contributed by atoms with Crippen molar-refractivity contribution in [3.05, 3.63) is 52.8 Å². The topological polar surface area (TPSA) is 69.3 Å². The molecule has 0 unspecified atom stereocenters. The molecule has 31 heavy (non-hydrogen) atoms. The van der Waals surface area contributed by atoms with Gasteiger partial charge in [0.1, 0.15) is 0 Å². The number of amides is 2. The van der Waals surface area contributed by atoms with Crippen LogP contribution in [0.2, 0.25) is 0 Å². The van der Waals surface area contributed by atoms with Gasteiger partial charge in [0.2, 0.25) is 5.91 Å². The average molecular weight is 423 g/mol. The largest absolute Gasteiger partial charge is 0.342 e. The van der Waals surface area contributed by atoms with Crippen molar-refractivity contribution < 1.29 is 9.59 Å². The van der Waals surface area contributed by atoms with Crippen LogP contribution in [0.5, 0.6) is 0 Å². The molecule has 3 heterocycles. The van der Waals surface area contributed by atoms with E-state index < -0.39 is 0 Å². The third-order valence-corrected chi connectivity index (χ3v) is 7.06. The predicted octanol–water partition coefficient (Wildman–Crippen LogP) is 4.07. The van der Waals surface area contributed by atoms with Crippen molar-refractivity contribution in [2.45, 2.75) is 77.3 Å². The summed E-state index contributed by atoms with van der Waals surface area (Å²) in [6, 6.07) is 8.70. The van der Waals surface area contributed by atoms with E-state index in [1.54, 1.807) is 6.20 Å². The first-order valence-corrected chi connectivity index (χ1v) is 11.6. The minimum atomic E-state index is 0.0985. The summed E-state index contributed by atoms with van der Waals surface area (Å²) in [5.41, 5.74) is 3.92. The maximum atomic E-state index is 13.3. The number of aromatic amines is 1. The second-order valence-corrected chi connectivity index (χ2v) is 9.36. The molecular formula is C25H34N4O2. The van der Waals surface area contributed by atoms with Crippen molar-refractivity contribution >= 4 is 11.8 Å². The maximum Gasteiger partial charge on any atom is 0.257 e. The average Bonchev–Trinajstić information content (AvgIpc) is 3.25. The summed E-state index contributed by atoms with van der Waals surface area (Å²) in [5, 5.41) is 7.34.